The van der Waals surface area contributed by atoms with Gasteiger partial charge in [0.1, 0.15) is 17.7 Å². The summed E-state index contributed by atoms with van der Waals surface area (Å²) in [5.41, 5.74) is 0. The molecule has 1 aliphatic heterocycles. The van der Waals surface area contributed by atoms with Crippen LogP contribution < -0.4 is 4.74 Å². The molecule has 3 heterocycles. The van der Waals surface area contributed by atoms with Crippen molar-refractivity contribution < 1.29 is 21.9 Å². The summed E-state index contributed by atoms with van der Waals surface area (Å²) in [7, 11) is -4.26. The van der Waals surface area contributed by atoms with Crippen molar-refractivity contribution in [2.45, 2.75) is 23.8 Å². The lowest BCUT2D eigenvalue weighted by Gasteiger charge is -2.31. The third-order valence-corrected chi connectivity index (χ3v) is 6.52. The van der Waals surface area contributed by atoms with Crippen LogP contribution in [0.25, 0.3) is 5.82 Å². The first-order chi connectivity index (χ1) is 13.9. The van der Waals surface area contributed by atoms with E-state index in [9.17, 15) is 17.2 Å². The molecule has 0 unspecified atom stereocenters. The van der Waals surface area contributed by atoms with E-state index in [1.54, 1.807) is 35.3 Å². The Morgan fingerprint density at radius 2 is 1.72 bits per heavy atom. The van der Waals surface area contributed by atoms with Crippen LogP contribution in [0.1, 0.15) is 12.8 Å². The number of ether oxygens (including phenoxy) is 1. The molecule has 152 valence electrons. The minimum atomic E-state index is -4.26. The Labute approximate surface area is 165 Å². The van der Waals surface area contributed by atoms with Crippen molar-refractivity contribution in [1.82, 2.24) is 24.3 Å². The van der Waals surface area contributed by atoms with Crippen LogP contribution in [-0.2, 0) is 10.0 Å². The Morgan fingerprint density at radius 3 is 2.31 bits per heavy atom. The molecule has 2 aromatic heterocycles. The number of hydrogen-bond acceptors (Lipinski definition) is 6. The van der Waals surface area contributed by atoms with Gasteiger partial charge in [0.25, 0.3) is 0 Å². The summed E-state index contributed by atoms with van der Waals surface area (Å²) < 4.78 is 61.4. The average molecular weight is 421 g/mol. The Balaban J connectivity index is 1.39. The molecule has 0 aliphatic carbocycles. The van der Waals surface area contributed by atoms with Crippen LogP contribution in [0.4, 0.5) is 8.78 Å². The Kier molecular flexibility index (Phi) is 5.24. The van der Waals surface area contributed by atoms with Gasteiger partial charge in [0.2, 0.25) is 15.9 Å². The van der Waals surface area contributed by atoms with E-state index in [1.807, 2.05) is 0 Å². The van der Waals surface area contributed by atoms with Gasteiger partial charge >= 0.3 is 0 Å². The monoisotopic (exact) mass is 421 g/mol. The van der Waals surface area contributed by atoms with E-state index >= 15 is 0 Å². The Bertz CT molecular complexity index is 1060. The maximum Gasteiger partial charge on any atom is 0.248 e. The summed E-state index contributed by atoms with van der Waals surface area (Å²) in [4.78, 5) is -0.917. The summed E-state index contributed by atoms with van der Waals surface area (Å²) >= 11 is 0. The van der Waals surface area contributed by atoms with Gasteiger partial charge in [-0.25, -0.2) is 21.9 Å². The molecule has 0 atom stereocenters. The molecule has 0 spiro atoms. The average Bonchev–Trinajstić information content (AvgIpc) is 3.23. The van der Waals surface area contributed by atoms with E-state index in [-0.39, 0.29) is 19.2 Å². The fourth-order valence-electron chi connectivity index (χ4n) is 3.12. The number of rotatable bonds is 5. The van der Waals surface area contributed by atoms with Crippen LogP contribution in [0.5, 0.6) is 5.88 Å². The summed E-state index contributed by atoms with van der Waals surface area (Å²) in [5.74, 6) is -1.36. The SMILES string of the molecule is O=S(=O)(c1c(F)cccc1F)N1CCC(Oc2ccc(-n3cccn3)nn2)CC1. The molecule has 1 saturated heterocycles. The summed E-state index contributed by atoms with van der Waals surface area (Å²) in [6.07, 6.45) is 3.80. The van der Waals surface area contributed by atoms with E-state index in [0.717, 1.165) is 22.5 Å². The van der Waals surface area contributed by atoms with Gasteiger partial charge in [0, 0.05) is 31.5 Å². The van der Waals surface area contributed by atoms with Crippen molar-refractivity contribution in [2.24, 2.45) is 0 Å². The van der Waals surface area contributed by atoms with Crippen LogP contribution >= 0.6 is 0 Å². The molecular formula is C18H17F2N5O3S. The minimum Gasteiger partial charge on any atom is -0.473 e. The molecule has 29 heavy (non-hydrogen) atoms. The normalized spacial score (nSPS) is 16.1. The molecule has 0 radical (unpaired) electrons. The van der Waals surface area contributed by atoms with Crippen molar-refractivity contribution in [1.29, 1.82) is 0 Å². The topological polar surface area (TPSA) is 90.2 Å². The van der Waals surface area contributed by atoms with Gasteiger partial charge in [0.05, 0.1) is 0 Å². The first-order valence-electron chi connectivity index (χ1n) is 8.90. The fraction of sp³-hybridized carbons (Fsp3) is 0.278. The maximum atomic E-state index is 13.9. The van der Waals surface area contributed by atoms with E-state index in [4.69, 9.17) is 4.74 Å². The van der Waals surface area contributed by atoms with Crippen LogP contribution in [-0.4, -0.2) is 51.9 Å². The second kappa shape index (κ2) is 7.84. The number of sulfonamides is 1. The van der Waals surface area contributed by atoms with Gasteiger partial charge in [-0.1, -0.05) is 6.07 Å². The number of hydrogen-bond donors (Lipinski definition) is 0. The Morgan fingerprint density at radius 1 is 1.00 bits per heavy atom. The van der Waals surface area contributed by atoms with Gasteiger partial charge in [-0.3, -0.25) is 0 Å². The Hall–Kier alpha value is -2.92. The third-order valence-electron chi connectivity index (χ3n) is 4.57. The molecule has 1 fully saturated rings. The number of piperidine rings is 1. The first-order valence-corrected chi connectivity index (χ1v) is 10.3. The first kappa shape index (κ1) is 19.4. The standard InChI is InChI=1S/C18H17F2N5O3S/c19-14-3-1-4-15(20)18(14)29(26,27)24-11-7-13(8-12-24)28-17-6-5-16(22-23-17)25-10-2-9-21-25/h1-6,9-10,13H,7-8,11-12H2. The quantitative estimate of drug-likeness (QED) is 0.627. The molecule has 0 bridgehead atoms. The van der Waals surface area contributed by atoms with Crippen molar-refractivity contribution in [3.05, 3.63) is 60.4 Å². The van der Waals surface area contributed by atoms with Gasteiger partial charge in [-0.15, -0.1) is 10.2 Å². The molecule has 4 rings (SSSR count). The summed E-state index contributed by atoms with van der Waals surface area (Å²) in [6.45, 7) is 0.166. The highest BCUT2D eigenvalue weighted by molar-refractivity contribution is 7.89. The second-order valence-corrected chi connectivity index (χ2v) is 8.33. The number of halogens is 2. The van der Waals surface area contributed by atoms with Crippen LogP contribution in [0, 0.1) is 11.6 Å². The molecule has 0 amide bonds. The highest BCUT2D eigenvalue weighted by atomic mass is 32.2. The van der Waals surface area contributed by atoms with Crippen molar-refractivity contribution in [3.63, 3.8) is 0 Å². The summed E-state index contributed by atoms with van der Waals surface area (Å²) in [6, 6.07) is 8.11. The lowest BCUT2D eigenvalue weighted by Crippen LogP contribution is -2.42. The predicted molar refractivity (Wildman–Crippen MR) is 97.9 cm³/mol. The fourth-order valence-corrected chi connectivity index (χ4v) is 4.70. The zero-order valence-electron chi connectivity index (χ0n) is 15.1. The number of nitrogens with zero attached hydrogens (tertiary/aromatic N) is 5. The van der Waals surface area contributed by atoms with Crippen molar-refractivity contribution >= 4 is 10.0 Å². The molecular weight excluding hydrogens is 404 g/mol. The summed E-state index contributed by atoms with van der Waals surface area (Å²) in [5, 5.41) is 12.1. The van der Waals surface area contributed by atoms with Gasteiger partial charge in [0.15, 0.2) is 10.7 Å². The molecule has 11 heteroatoms. The lowest BCUT2D eigenvalue weighted by molar-refractivity contribution is 0.128. The molecule has 8 nitrogen and oxygen atoms in total. The smallest absolute Gasteiger partial charge is 0.248 e. The van der Waals surface area contributed by atoms with E-state index in [2.05, 4.69) is 15.3 Å². The van der Waals surface area contributed by atoms with Gasteiger partial charge < -0.3 is 4.74 Å². The molecule has 1 aliphatic rings. The largest absolute Gasteiger partial charge is 0.473 e. The lowest BCUT2D eigenvalue weighted by atomic mass is 10.1. The molecule has 1 aromatic carbocycles. The van der Waals surface area contributed by atoms with E-state index < -0.39 is 26.6 Å². The van der Waals surface area contributed by atoms with Gasteiger partial charge in [-0.05, 0) is 37.1 Å². The van der Waals surface area contributed by atoms with E-state index in [0.29, 0.717) is 24.5 Å². The molecule has 0 saturated carbocycles. The zero-order valence-corrected chi connectivity index (χ0v) is 16.0. The highest BCUT2D eigenvalue weighted by Gasteiger charge is 2.34. The van der Waals surface area contributed by atoms with Crippen LogP contribution in [0.15, 0.2) is 53.7 Å². The second-order valence-electron chi connectivity index (χ2n) is 6.45. The number of benzene rings is 1. The molecule has 3 aromatic rings. The van der Waals surface area contributed by atoms with Gasteiger partial charge in [-0.2, -0.15) is 9.40 Å². The maximum absolute atomic E-state index is 13.9. The molecule has 0 N–H and O–H groups in total. The predicted octanol–water partition coefficient (Wildman–Crippen LogP) is 2.17. The van der Waals surface area contributed by atoms with E-state index in [1.165, 1.54) is 0 Å². The van der Waals surface area contributed by atoms with Crippen LogP contribution in [0.3, 0.4) is 0 Å². The van der Waals surface area contributed by atoms with Crippen molar-refractivity contribution in [2.75, 3.05) is 13.1 Å². The van der Waals surface area contributed by atoms with Crippen LogP contribution in [0.2, 0.25) is 0 Å². The van der Waals surface area contributed by atoms with Crippen molar-refractivity contribution in [3.8, 4) is 11.7 Å². The third kappa shape index (κ3) is 3.96. The zero-order chi connectivity index (χ0) is 20.4. The highest BCUT2D eigenvalue weighted by Crippen LogP contribution is 2.26. The number of aromatic nitrogens is 4. The minimum absolute atomic E-state index is 0.0829.